The lowest BCUT2D eigenvalue weighted by molar-refractivity contribution is -0.137. The summed E-state index contributed by atoms with van der Waals surface area (Å²) in [6.07, 6.45) is 3.98. The number of hydrogen-bond donors (Lipinski definition) is 1. The quantitative estimate of drug-likeness (QED) is 0.754. The zero-order chi connectivity index (χ0) is 19.2. The third kappa shape index (κ3) is 5.70. The van der Waals surface area contributed by atoms with E-state index in [0.29, 0.717) is 24.9 Å². The average Bonchev–Trinajstić information content (AvgIpc) is 3.52. The van der Waals surface area contributed by atoms with Gasteiger partial charge in [-0.05, 0) is 57.8 Å². The Morgan fingerprint density at radius 3 is 2.41 bits per heavy atom. The number of nitrogens with one attached hydrogen (secondary N) is 1. The Labute approximate surface area is 161 Å². The second-order valence-electron chi connectivity index (χ2n) is 7.87. The van der Waals surface area contributed by atoms with Crippen LogP contribution in [0.2, 0.25) is 0 Å². The minimum absolute atomic E-state index is 0.00565. The van der Waals surface area contributed by atoms with Gasteiger partial charge in [0.2, 0.25) is 5.91 Å². The van der Waals surface area contributed by atoms with E-state index in [9.17, 15) is 9.59 Å². The number of piperidine rings is 1. The standard InChI is InChI=1S/C21H31N3O3/c1-23(2)19(16-8-9-16)14-22-21(26)17-10-12-24(13-11-17)20(25)15-27-18-6-4-3-5-7-18/h3-7,16-17,19H,8-15H2,1-2H3,(H,22,26). The first-order valence-electron chi connectivity index (χ1n) is 9.94. The summed E-state index contributed by atoms with van der Waals surface area (Å²) >= 11 is 0. The number of benzene rings is 1. The van der Waals surface area contributed by atoms with Gasteiger partial charge in [-0.15, -0.1) is 0 Å². The first kappa shape index (κ1) is 19.7. The summed E-state index contributed by atoms with van der Waals surface area (Å²) in [6, 6.07) is 9.79. The molecule has 2 aliphatic rings. The zero-order valence-corrected chi connectivity index (χ0v) is 16.4. The number of likely N-dealkylation sites (N-methyl/N-ethyl adjacent to an activating group) is 1. The Balaban J connectivity index is 1.37. The molecular weight excluding hydrogens is 342 g/mol. The minimum atomic E-state index is -0.0147. The van der Waals surface area contributed by atoms with Crippen molar-refractivity contribution in [3.63, 3.8) is 0 Å². The molecule has 0 spiro atoms. The van der Waals surface area contributed by atoms with Crippen LogP contribution >= 0.6 is 0 Å². The molecule has 0 bridgehead atoms. The molecule has 1 N–H and O–H groups in total. The number of rotatable bonds is 8. The molecule has 6 nitrogen and oxygen atoms in total. The van der Waals surface area contributed by atoms with Crippen LogP contribution in [0.5, 0.6) is 5.75 Å². The molecule has 27 heavy (non-hydrogen) atoms. The van der Waals surface area contributed by atoms with Crippen LogP contribution in [0.3, 0.4) is 0 Å². The van der Waals surface area contributed by atoms with Gasteiger partial charge in [-0.1, -0.05) is 18.2 Å². The fourth-order valence-corrected chi connectivity index (χ4v) is 3.75. The van der Waals surface area contributed by atoms with Crippen molar-refractivity contribution in [2.75, 3.05) is 40.3 Å². The molecule has 1 aliphatic heterocycles. The summed E-state index contributed by atoms with van der Waals surface area (Å²) in [6.45, 7) is 2.01. The molecule has 1 heterocycles. The molecule has 1 aromatic rings. The molecule has 1 saturated carbocycles. The number of carbonyl (C=O) groups is 2. The van der Waals surface area contributed by atoms with Crippen molar-refractivity contribution in [1.29, 1.82) is 0 Å². The maximum absolute atomic E-state index is 12.5. The monoisotopic (exact) mass is 373 g/mol. The highest BCUT2D eigenvalue weighted by molar-refractivity contribution is 5.80. The van der Waals surface area contributed by atoms with Gasteiger partial charge >= 0.3 is 0 Å². The van der Waals surface area contributed by atoms with E-state index >= 15 is 0 Å². The summed E-state index contributed by atoms with van der Waals surface area (Å²) in [5.74, 6) is 1.55. The lowest BCUT2D eigenvalue weighted by Crippen LogP contribution is -2.47. The van der Waals surface area contributed by atoms with Gasteiger partial charge in [-0.2, -0.15) is 0 Å². The van der Waals surface area contributed by atoms with Gasteiger partial charge in [0, 0.05) is 31.6 Å². The van der Waals surface area contributed by atoms with Crippen molar-refractivity contribution in [3.8, 4) is 5.75 Å². The number of amides is 2. The molecule has 2 fully saturated rings. The smallest absolute Gasteiger partial charge is 0.260 e. The number of nitrogens with zero attached hydrogens (tertiary/aromatic N) is 2. The molecule has 1 unspecified atom stereocenters. The highest BCUT2D eigenvalue weighted by Gasteiger charge is 2.33. The molecular formula is C21H31N3O3. The number of carbonyl (C=O) groups excluding carboxylic acids is 2. The van der Waals surface area contributed by atoms with Crippen LogP contribution in [0.15, 0.2) is 30.3 Å². The van der Waals surface area contributed by atoms with Gasteiger partial charge in [0.15, 0.2) is 6.61 Å². The second kappa shape index (κ2) is 9.22. The van der Waals surface area contributed by atoms with E-state index in [4.69, 9.17) is 4.74 Å². The van der Waals surface area contributed by atoms with E-state index in [0.717, 1.165) is 25.3 Å². The summed E-state index contributed by atoms with van der Waals surface area (Å²) < 4.78 is 5.54. The topological polar surface area (TPSA) is 61.9 Å². The summed E-state index contributed by atoms with van der Waals surface area (Å²) in [5.41, 5.74) is 0. The second-order valence-corrected chi connectivity index (χ2v) is 7.87. The molecule has 3 rings (SSSR count). The van der Waals surface area contributed by atoms with Gasteiger partial charge in [-0.3, -0.25) is 9.59 Å². The van der Waals surface area contributed by atoms with E-state index in [1.54, 1.807) is 4.90 Å². The van der Waals surface area contributed by atoms with Crippen molar-refractivity contribution in [1.82, 2.24) is 15.1 Å². The van der Waals surface area contributed by atoms with Crippen LogP contribution in [0, 0.1) is 11.8 Å². The van der Waals surface area contributed by atoms with Crippen LogP contribution in [0.4, 0.5) is 0 Å². The molecule has 1 aliphatic carbocycles. The van der Waals surface area contributed by atoms with Crippen molar-refractivity contribution in [2.24, 2.45) is 11.8 Å². The number of hydrogen-bond acceptors (Lipinski definition) is 4. The fourth-order valence-electron chi connectivity index (χ4n) is 3.75. The molecule has 148 valence electrons. The third-order valence-electron chi connectivity index (χ3n) is 5.64. The molecule has 0 aromatic heterocycles. The average molecular weight is 373 g/mol. The van der Waals surface area contributed by atoms with Crippen LogP contribution in [-0.2, 0) is 9.59 Å². The predicted molar refractivity (Wildman–Crippen MR) is 104 cm³/mol. The highest BCUT2D eigenvalue weighted by Crippen LogP contribution is 2.34. The molecule has 0 radical (unpaired) electrons. The number of para-hydroxylation sites is 1. The molecule has 1 atom stereocenters. The zero-order valence-electron chi connectivity index (χ0n) is 16.4. The summed E-state index contributed by atoms with van der Waals surface area (Å²) in [7, 11) is 4.16. The number of likely N-dealkylation sites (tertiary alicyclic amines) is 1. The van der Waals surface area contributed by atoms with Crippen LogP contribution in [0.1, 0.15) is 25.7 Å². The number of ether oxygens (including phenoxy) is 1. The van der Waals surface area contributed by atoms with Gasteiger partial charge in [-0.25, -0.2) is 0 Å². The van der Waals surface area contributed by atoms with Crippen molar-refractivity contribution in [3.05, 3.63) is 30.3 Å². The van der Waals surface area contributed by atoms with E-state index < -0.39 is 0 Å². The Morgan fingerprint density at radius 1 is 1.15 bits per heavy atom. The van der Waals surface area contributed by atoms with Gasteiger partial charge in [0.05, 0.1) is 0 Å². The predicted octanol–water partition coefficient (Wildman–Crippen LogP) is 1.76. The lowest BCUT2D eigenvalue weighted by atomic mass is 9.95. The molecule has 2 amide bonds. The molecule has 1 aromatic carbocycles. The largest absolute Gasteiger partial charge is 0.484 e. The van der Waals surface area contributed by atoms with Crippen molar-refractivity contribution in [2.45, 2.75) is 31.7 Å². The third-order valence-corrected chi connectivity index (χ3v) is 5.64. The first-order chi connectivity index (χ1) is 13.0. The first-order valence-corrected chi connectivity index (χ1v) is 9.94. The van der Waals surface area contributed by atoms with Gasteiger partial charge < -0.3 is 19.9 Å². The van der Waals surface area contributed by atoms with E-state index in [1.165, 1.54) is 12.8 Å². The van der Waals surface area contributed by atoms with Crippen LogP contribution < -0.4 is 10.1 Å². The summed E-state index contributed by atoms with van der Waals surface area (Å²) in [5, 5.41) is 3.14. The van der Waals surface area contributed by atoms with E-state index in [-0.39, 0.29) is 24.3 Å². The maximum atomic E-state index is 12.5. The van der Waals surface area contributed by atoms with Gasteiger partial charge in [0.25, 0.3) is 5.91 Å². The minimum Gasteiger partial charge on any atom is -0.484 e. The Kier molecular flexibility index (Phi) is 6.72. The van der Waals surface area contributed by atoms with Gasteiger partial charge in [0.1, 0.15) is 5.75 Å². The van der Waals surface area contributed by atoms with E-state index in [2.05, 4.69) is 24.3 Å². The van der Waals surface area contributed by atoms with Crippen molar-refractivity contribution < 1.29 is 14.3 Å². The Bertz CT molecular complexity index is 621. The van der Waals surface area contributed by atoms with Crippen LogP contribution in [0.25, 0.3) is 0 Å². The molecule has 1 saturated heterocycles. The normalized spacial score (nSPS) is 19.0. The molecule has 6 heteroatoms. The SMILES string of the molecule is CN(C)C(CNC(=O)C1CCN(C(=O)COc2ccccc2)CC1)C1CC1. The van der Waals surface area contributed by atoms with Crippen molar-refractivity contribution >= 4 is 11.8 Å². The fraction of sp³-hybridized carbons (Fsp3) is 0.619. The Hall–Kier alpha value is -2.08. The van der Waals surface area contributed by atoms with E-state index in [1.807, 2.05) is 30.3 Å². The van der Waals surface area contributed by atoms with Crippen LogP contribution in [-0.4, -0.2) is 68.0 Å². The Morgan fingerprint density at radius 2 is 1.81 bits per heavy atom. The highest BCUT2D eigenvalue weighted by atomic mass is 16.5. The lowest BCUT2D eigenvalue weighted by Gasteiger charge is -2.32. The maximum Gasteiger partial charge on any atom is 0.260 e. The summed E-state index contributed by atoms with van der Waals surface area (Å²) in [4.78, 5) is 28.8.